The quantitative estimate of drug-likeness (QED) is 0.839. The van der Waals surface area contributed by atoms with Gasteiger partial charge >= 0.3 is 0 Å². The Morgan fingerprint density at radius 2 is 1.81 bits per heavy atom. The van der Waals surface area contributed by atoms with Crippen molar-refractivity contribution in [2.75, 3.05) is 19.6 Å². The monoisotopic (exact) mass is 401 g/mol. The minimum absolute atomic E-state index is 0. The largest absolute Gasteiger partial charge is 0.341 e. The van der Waals surface area contributed by atoms with E-state index in [0.717, 1.165) is 45.4 Å². The third-order valence-corrected chi connectivity index (χ3v) is 5.83. The van der Waals surface area contributed by atoms with Gasteiger partial charge in [0.15, 0.2) is 0 Å². The lowest BCUT2D eigenvalue weighted by atomic mass is 9.99. The van der Waals surface area contributed by atoms with Crippen molar-refractivity contribution < 1.29 is 4.79 Å². The number of amides is 1. The van der Waals surface area contributed by atoms with Crippen LogP contribution in [0.5, 0.6) is 0 Å². The van der Waals surface area contributed by atoms with Crippen LogP contribution in [0.1, 0.15) is 44.6 Å². The predicted molar refractivity (Wildman–Crippen MR) is 112 cm³/mol. The molecule has 0 radical (unpaired) electrons. The maximum atomic E-state index is 12.7. The van der Waals surface area contributed by atoms with Crippen molar-refractivity contribution in [3.05, 3.63) is 35.9 Å². The molecular formula is C20H33Cl2N3O. The summed E-state index contributed by atoms with van der Waals surface area (Å²) in [5, 5.41) is 0. The summed E-state index contributed by atoms with van der Waals surface area (Å²) in [4.78, 5) is 17.3. The second-order valence-corrected chi connectivity index (χ2v) is 7.53. The first-order valence-electron chi connectivity index (χ1n) is 9.45. The second-order valence-electron chi connectivity index (χ2n) is 7.53. The molecule has 0 spiro atoms. The van der Waals surface area contributed by atoms with E-state index >= 15 is 0 Å². The maximum Gasteiger partial charge on any atom is 0.222 e. The van der Waals surface area contributed by atoms with Crippen molar-refractivity contribution in [2.45, 2.75) is 57.7 Å². The summed E-state index contributed by atoms with van der Waals surface area (Å²) in [6.45, 7) is 5.94. The molecule has 1 saturated heterocycles. The molecule has 1 saturated carbocycles. The van der Waals surface area contributed by atoms with E-state index in [1.807, 2.05) is 0 Å². The summed E-state index contributed by atoms with van der Waals surface area (Å²) < 4.78 is 0. The molecule has 1 heterocycles. The maximum absolute atomic E-state index is 12.7. The Bertz CT molecular complexity index is 543. The Morgan fingerprint density at radius 3 is 2.46 bits per heavy atom. The number of benzene rings is 1. The summed E-state index contributed by atoms with van der Waals surface area (Å²) in [5.41, 5.74) is 7.49. The van der Waals surface area contributed by atoms with Gasteiger partial charge in [-0.25, -0.2) is 0 Å². The smallest absolute Gasteiger partial charge is 0.222 e. The number of nitrogens with two attached hydrogens (primary N) is 1. The van der Waals surface area contributed by atoms with E-state index in [4.69, 9.17) is 5.73 Å². The number of halogens is 2. The van der Waals surface area contributed by atoms with Gasteiger partial charge < -0.3 is 10.6 Å². The fourth-order valence-electron chi connectivity index (χ4n) is 4.08. The Balaban J connectivity index is 0.00000169. The van der Waals surface area contributed by atoms with Crippen LogP contribution < -0.4 is 5.73 Å². The topological polar surface area (TPSA) is 49.6 Å². The first-order chi connectivity index (χ1) is 11.6. The number of rotatable bonds is 4. The van der Waals surface area contributed by atoms with Gasteiger partial charge in [0, 0.05) is 44.7 Å². The van der Waals surface area contributed by atoms with E-state index < -0.39 is 0 Å². The van der Waals surface area contributed by atoms with Crippen molar-refractivity contribution in [2.24, 2.45) is 11.7 Å². The van der Waals surface area contributed by atoms with Crippen LogP contribution in [0.4, 0.5) is 0 Å². The molecule has 2 N–H and O–H groups in total. The highest BCUT2D eigenvalue weighted by Crippen LogP contribution is 2.27. The van der Waals surface area contributed by atoms with Gasteiger partial charge in [-0.05, 0) is 37.7 Å². The van der Waals surface area contributed by atoms with Crippen molar-refractivity contribution in [3.8, 4) is 0 Å². The molecule has 1 aromatic rings. The average Bonchev–Trinajstić information content (AvgIpc) is 2.89. The van der Waals surface area contributed by atoms with Crippen LogP contribution in [-0.4, -0.2) is 47.4 Å². The predicted octanol–water partition coefficient (Wildman–Crippen LogP) is 3.47. The molecule has 1 amide bonds. The molecule has 0 bridgehead atoms. The molecule has 1 aliphatic carbocycles. The van der Waals surface area contributed by atoms with Crippen molar-refractivity contribution >= 4 is 30.7 Å². The van der Waals surface area contributed by atoms with E-state index in [-0.39, 0.29) is 30.9 Å². The fourth-order valence-corrected chi connectivity index (χ4v) is 4.08. The molecular weight excluding hydrogens is 369 g/mol. The van der Waals surface area contributed by atoms with E-state index in [1.165, 1.54) is 12.0 Å². The first kappa shape index (κ1) is 23.2. The average molecular weight is 402 g/mol. The second kappa shape index (κ2) is 11.1. The summed E-state index contributed by atoms with van der Waals surface area (Å²) in [6.07, 6.45) is 5.08. The fraction of sp³-hybridized carbons (Fsp3) is 0.650. The zero-order chi connectivity index (χ0) is 16.9. The molecule has 26 heavy (non-hydrogen) atoms. The lowest BCUT2D eigenvalue weighted by Crippen LogP contribution is -2.38. The summed E-state index contributed by atoms with van der Waals surface area (Å²) in [7, 11) is 0. The molecule has 1 aliphatic heterocycles. The summed E-state index contributed by atoms with van der Waals surface area (Å²) in [5.74, 6) is 0.713. The normalized spacial score (nSPS) is 26.5. The highest BCUT2D eigenvalue weighted by atomic mass is 35.5. The molecule has 0 aromatic heterocycles. The number of nitrogens with zero attached hydrogens (tertiary/aromatic N) is 2. The van der Waals surface area contributed by atoms with Gasteiger partial charge in [-0.2, -0.15) is 0 Å². The lowest BCUT2D eigenvalue weighted by Gasteiger charge is -2.26. The number of carbonyl (C=O) groups is 1. The van der Waals surface area contributed by atoms with Gasteiger partial charge in [0.2, 0.25) is 5.91 Å². The van der Waals surface area contributed by atoms with Crippen molar-refractivity contribution in [1.82, 2.24) is 9.80 Å². The van der Waals surface area contributed by atoms with Crippen LogP contribution in [0.2, 0.25) is 0 Å². The van der Waals surface area contributed by atoms with Crippen molar-refractivity contribution in [1.29, 1.82) is 0 Å². The van der Waals surface area contributed by atoms with Gasteiger partial charge in [-0.1, -0.05) is 36.8 Å². The number of hydrogen-bond acceptors (Lipinski definition) is 3. The molecule has 6 heteroatoms. The number of hydrogen-bond donors (Lipinski definition) is 1. The van der Waals surface area contributed by atoms with E-state index in [1.54, 1.807) is 0 Å². The van der Waals surface area contributed by atoms with Gasteiger partial charge in [0.05, 0.1) is 0 Å². The molecule has 3 rings (SSSR count). The molecule has 2 fully saturated rings. The van der Waals surface area contributed by atoms with Gasteiger partial charge in [0.1, 0.15) is 0 Å². The Hall–Kier alpha value is -0.810. The van der Waals surface area contributed by atoms with Crippen LogP contribution in [-0.2, 0) is 11.3 Å². The molecule has 3 atom stereocenters. The molecule has 1 aromatic carbocycles. The van der Waals surface area contributed by atoms with E-state index in [0.29, 0.717) is 24.3 Å². The zero-order valence-corrected chi connectivity index (χ0v) is 17.3. The third kappa shape index (κ3) is 6.12. The molecule has 2 aliphatic rings. The van der Waals surface area contributed by atoms with Crippen LogP contribution in [0, 0.1) is 5.92 Å². The Morgan fingerprint density at radius 1 is 1.08 bits per heavy atom. The van der Waals surface area contributed by atoms with Gasteiger partial charge in [-0.15, -0.1) is 24.8 Å². The van der Waals surface area contributed by atoms with E-state index in [9.17, 15) is 4.79 Å². The Labute approximate surface area is 170 Å². The molecule has 148 valence electrons. The van der Waals surface area contributed by atoms with Crippen LogP contribution in [0.3, 0.4) is 0 Å². The van der Waals surface area contributed by atoms with Crippen LogP contribution >= 0.6 is 24.8 Å². The minimum Gasteiger partial charge on any atom is -0.341 e. The van der Waals surface area contributed by atoms with Crippen LogP contribution in [0.15, 0.2) is 30.3 Å². The zero-order valence-electron chi connectivity index (χ0n) is 15.7. The van der Waals surface area contributed by atoms with Gasteiger partial charge in [0.25, 0.3) is 0 Å². The van der Waals surface area contributed by atoms with E-state index in [2.05, 4.69) is 47.1 Å². The SMILES string of the molecule is CC1CCN(C(=O)C[C@@H]2CCC[C@H]2N)CCN1Cc1ccccc1.Cl.Cl. The van der Waals surface area contributed by atoms with Gasteiger partial charge in [-0.3, -0.25) is 9.69 Å². The summed E-state index contributed by atoms with van der Waals surface area (Å²) >= 11 is 0. The standard InChI is InChI=1S/C20H31N3O.2ClH/c1-16-10-11-22(20(24)14-18-8-5-9-19(18)21)12-13-23(16)15-17-6-3-2-4-7-17;;/h2-4,6-7,16,18-19H,5,8-15,21H2,1H3;2*1H/t16?,18-,19+;;/m0../s1. The Kier molecular flexibility index (Phi) is 9.94. The number of carbonyl (C=O) groups excluding carboxylic acids is 1. The minimum atomic E-state index is 0. The third-order valence-electron chi connectivity index (χ3n) is 5.83. The first-order valence-corrected chi connectivity index (χ1v) is 9.45. The molecule has 4 nitrogen and oxygen atoms in total. The van der Waals surface area contributed by atoms with Crippen LogP contribution in [0.25, 0.3) is 0 Å². The highest BCUT2D eigenvalue weighted by Gasteiger charge is 2.29. The lowest BCUT2D eigenvalue weighted by molar-refractivity contribution is -0.132. The molecule has 1 unspecified atom stereocenters. The van der Waals surface area contributed by atoms with Crippen molar-refractivity contribution in [3.63, 3.8) is 0 Å². The summed E-state index contributed by atoms with van der Waals surface area (Å²) in [6, 6.07) is 11.4. The highest BCUT2D eigenvalue weighted by molar-refractivity contribution is 5.85.